The smallest absolute Gasteiger partial charge is 0.267 e. The van der Waals surface area contributed by atoms with Gasteiger partial charge in [-0.25, -0.2) is 19.3 Å². The van der Waals surface area contributed by atoms with Crippen LogP contribution in [0, 0.1) is 0 Å². The van der Waals surface area contributed by atoms with E-state index in [9.17, 15) is 9.59 Å². The number of aromatic nitrogens is 6. The van der Waals surface area contributed by atoms with Gasteiger partial charge in [0.05, 0.1) is 0 Å². The molecular formula is C17H18N8O2. The number of hydrogen-bond acceptors (Lipinski definition) is 7. The summed E-state index contributed by atoms with van der Waals surface area (Å²) in [6.07, 6.45) is 6.75. The normalized spacial score (nSPS) is 14.4. The van der Waals surface area contributed by atoms with Crippen LogP contribution in [0.1, 0.15) is 0 Å². The van der Waals surface area contributed by atoms with Crippen molar-refractivity contribution in [3.63, 3.8) is 0 Å². The van der Waals surface area contributed by atoms with Gasteiger partial charge >= 0.3 is 0 Å². The summed E-state index contributed by atoms with van der Waals surface area (Å²) in [5.41, 5.74) is -0.324. The van der Waals surface area contributed by atoms with Crippen LogP contribution in [0.2, 0.25) is 0 Å². The zero-order valence-electron chi connectivity index (χ0n) is 14.5. The molecule has 138 valence electrons. The summed E-state index contributed by atoms with van der Waals surface area (Å²) < 4.78 is 2.71. The lowest BCUT2D eigenvalue weighted by Gasteiger charge is -2.34. The Balaban J connectivity index is 1.41. The van der Waals surface area contributed by atoms with E-state index in [0.29, 0.717) is 37.9 Å². The molecule has 0 bridgehead atoms. The van der Waals surface area contributed by atoms with Crippen LogP contribution in [-0.2, 0) is 11.3 Å². The van der Waals surface area contributed by atoms with Gasteiger partial charge in [-0.05, 0) is 18.2 Å². The average molecular weight is 366 g/mol. The number of hydrogen-bond donors (Lipinski definition) is 0. The first-order valence-corrected chi connectivity index (χ1v) is 8.59. The van der Waals surface area contributed by atoms with Crippen LogP contribution < -0.4 is 10.5 Å². The second-order valence-corrected chi connectivity index (χ2v) is 6.05. The summed E-state index contributed by atoms with van der Waals surface area (Å²) in [6.45, 7) is 2.28. The molecule has 1 aliphatic heterocycles. The van der Waals surface area contributed by atoms with Crippen LogP contribution in [0.4, 0.5) is 5.95 Å². The molecule has 1 fully saturated rings. The summed E-state index contributed by atoms with van der Waals surface area (Å²) in [7, 11) is 0. The summed E-state index contributed by atoms with van der Waals surface area (Å²) in [6, 6.07) is 6.50. The van der Waals surface area contributed by atoms with Crippen molar-refractivity contribution in [2.45, 2.75) is 6.54 Å². The van der Waals surface area contributed by atoms with Crippen LogP contribution in [0.25, 0.3) is 5.82 Å². The maximum absolute atomic E-state index is 12.6. The second-order valence-electron chi connectivity index (χ2n) is 6.05. The highest BCUT2D eigenvalue weighted by Gasteiger charge is 2.23. The Bertz CT molecular complexity index is 962. The highest BCUT2D eigenvalue weighted by atomic mass is 16.2. The van der Waals surface area contributed by atoms with E-state index in [1.807, 2.05) is 4.90 Å². The number of amides is 1. The van der Waals surface area contributed by atoms with Gasteiger partial charge in [0.15, 0.2) is 5.82 Å². The molecule has 0 saturated carbocycles. The van der Waals surface area contributed by atoms with Crippen molar-refractivity contribution in [3.05, 3.63) is 59.4 Å². The maximum Gasteiger partial charge on any atom is 0.267 e. The van der Waals surface area contributed by atoms with Gasteiger partial charge in [-0.1, -0.05) is 0 Å². The molecule has 3 aromatic rings. The third-order valence-electron chi connectivity index (χ3n) is 4.34. The Morgan fingerprint density at radius 2 is 1.78 bits per heavy atom. The molecule has 4 heterocycles. The highest BCUT2D eigenvalue weighted by molar-refractivity contribution is 5.76. The number of carbonyl (C=O) groups is 1. The minimum absolute atomic E-state index is 0.101. The molecule has 1 amide bonds. The molecule has 27 heavy (non-hydrogen) atoms. The van der Waals surface area contributed by atoms with E-state index in [1.165, 1.54) is 10.7 Å². The maximum atomic E-state index is 12.6. The monoisotopic (exact) mass is 366 g/mol. The van der Waals surface area contributed by atoms with Gasteiger partial charge in [-0.2, -0.15) is 5.10 Å². The number of nitrogens with zero attached hydrogens (tertiary/aromatic N) is 8. The van der Waals surface area contributed by atoms with Crippen molar-refractivity contribution in [2.75, 3.05) is 31.1 Å². The number of piperazine rings is 1. The third kappa shape index (κ3) is 3.68. The Morgan fingerprint density at radius 1 is 1.00 bits per heavy atom. The first-order chi connectivity index (χ1) is 13.2. The molecule has 1 aliphatic rings. The lowest BCUT2D eigenvalue weighted by Crippen LogP contribution is -2.50. The molecule has 0 aliphatic carbocycles. The molecule has 1 saturated heterocycles. The van der Waals surface area contributed by atoms with Crippen molar-refractivity contribution in [2.24, 2.45) is 0 Å². The Kier molecular flexibility index (Phi) is 4.60. The molecule has 3 aromatic heterocycles. The molecule has 10 heteroatoms. The van der Waals surface area contributed by atoms with Crippen molar-refractivity contribution >= 4 is 11.9 Å². The summed E-state index contributed by atoms with van der Waals surface area (Å²) >= 11 is 0. The summed E-state index contributed by atoms with van der Waals surface area (Å²) in [4.78, 5) is 36.9. The Hall–Kier alpha value is -3.56. The topological polar surface area (TPSA) is 102 Å². The predicted molar refractivity (Wildman–Crippen MR) is 96.4 cm³/mol. The van der Waals surface area contributed by atoms with Crippen molar-refractivity contribution in [1.82, 2.24) is 34.4 Å². The zero-order valence-corrected chi connectivity index (χ0v) is 14.5. The number of rotatable bonds is 4. The fourth-order valence-corrected chi connectivity index (χ4v) is 2.92. The van der Waals surface area contributed by atoms with Gasteiger partial charge in [-0.15, -0.1) is 5.10 Å². The zero-order chi connectivity index (χ0) is 18.6. The van der Waals surface area contributed by atoms with Gasteiger partial charge in [0, 0.05) is 57.0 Å². The average Bonchev–Trinajstić information content (AvgIpc) is 3.25. The van der Waals surface area contributed by atoms with E-state index < -0.39 is 0 Å². The van der Waals surface area contributed by atoms with Gasteiger partial charge in [0.1, 0.15) is 6.54 Å². The molecule has 0 N–H and O–H groups in total. The van der Waals surface area contributed by atoms with Crippen molar-refractivity contribution < 1.29 is 4.79 Å². The van der Waals surface area contributed by atoms with Crippen LogP contribution in [0.5, 0.6) is 0 Å². The minimum Gasteiger partial charge on any atom is -0.338 e. The standard InChI is InChI=1S/C17H18N8O2/c26-15-4-3-14(24-8-2-7-20-24)21-25(15)13-16(27)22-9-11-23(12-10-22)17-18-5-1-6-19-17/h1-8H,9-13H2. The molecule has 0 aromatic carbocycles. The number of carbonyl (C=O) groups excluding carboxylic acids is 1. The lowest BCUT2D eigenvalue weighted by molar-refractivity contribution is -0.132. The SMILES string of the molecule is O=C(Cn1nc(-n2cccn2)ccc1=O)N1CCN(c2ncccn2)CC1. The molecule has 0 spiro atoms. The van der Waals surface area contributed by atoms with Crippen molar-refractivity contribution in [1.29, 1.82) is 0 Å². The van der Waals surface area contributed by atoms with E-state index in [4.69, 9.17) is 0 Å². The number of anilines is 1. The van der Waals surface area contributed by atoms with E-state index >= 15 is 0 Å². The summed E-state index contributed by atoms with van der Waals surface area (Å²) in [5, 5.41) is 8.33. The van der Waals surface area contributed by atoms with Gasteiger partial charge in [-0.3, -0.25) is 9.59 Å². The van der Waals surface area contributed by atoms with Gasteiger partial charge in [0.2, 0.25) is 11.9 Å². The molecule has 0 radical (unpaired) electrons. The van der Waals surface area contributed by atoms with Crippen LogP contribution in [0.15, 0.2) is 53.8 Å². The van der Waals surface area contributed by atoms with Gasteiger partial charge < -0.3 is 9.80 Å². The van der Waals surface area contributed by atoms with E-state index in [0.717, 1.165) is 0 Å². The second kappa shape index (κ2) is 7.36. The highest BCUT2D eigenvalue weighted by Crippen LogP contribution is 2.10. The van der Waals surface area contributed by atoms with Crippen LogP contribution in [-0.4, -0.2) is 66.5 Å². The molecule has 0 atom stereocenters. The van der Waals surface area contributed by atoms with E-state index in [1.54, 1.807) is 52.6 Å². The Morgan fingerprint density at radius 3 is 2.48 bits per heavy atom. The molecule has 10 nitrogen and oxygen atoms in total. The minimum atomic E-state index is -0.324. The van der Waals surface area contributed by atoms with Crippen LogP contribution in [0.3, 0.4) is 0 Å². The fourth-order valence-electron chi connectivity index (χ4n) is 2.92. The quantitative estimate of drug-likeness (QED) is 0.617. The van der Waals surface area contributed by atoms with Crippen molar-refractivity contribution in [3.8, 4) is 5.82 Å². The van der Waals surface area contributed by atoms with Crippen LogP contribution >= 0.6 is 0 Å². The first-order valence-electron chi connectivity index (χ1n) is 8.59. The molecule has 4 rings (SSSR count). The van der Waals surface area contributed by atoms with E-state index in [2.05, 4.69) is 20.2 Å². The molecular weight excluding hydrogens is 348 g/mol. The largest absolute Gasteiger partial charge is 0.338 e. The predicted octanol–water partition coefficient (Wildman–Crippen LogP) is -0.432. The molecule has 0 unspecified atom stereocenters. The first kappa shape index (κ1) is 16.9. The third-order valence-corrected chi connectivity index (χ3v) is 4.34. The van der Waals surface area contributed by atoms with E-state index in [-0.39, 0.29) is 18.0 Å². The van der Waals surface area contributed by atoms with Gasteiger partial charge in [0.25, 0.3) is 5.56 Å². The summed E-state index contributed by atoms with van der Waals surface area (Å²) in [5.74, 6) is 1.00. The Labute approximate surface area is 154 Å². The fraction of sp³-hybridized carbons (Fsp3) is 0.294. The lowest BCUT2D eigenvalue weighted by atomic mass is 10.3.